The maximum Gasteiger partial charge on any atom is 0.234 e. The summed E-state index contributed by atoms with van der Waals surface area (Å²) in [6.07, 6.45) is 1.06. The van der Waals surface area contributed by atoms with E-state index in [-0.39, 0.29) is 17.7 Å². The second-order valence-corrected chi connectivity index (χ2v) is 7.62. The second-order valence-electron chi connectivity index (χ2n) is 6.60. The molecule has 3 aromatic rings. The zero-order chi connectivity index (χ0) is 22.7. The summed E-state index contributed by atoms with van der Waals surface area (Å²) in [6.45, 7) is 0. The minimum atomic E-state index is -0.628. The molecule has 0 atom stereocenters. The lowest BCUT2D eigenvalue weighted by atomic mass is 10.2. The molecule has 0 fully saturated rings. The smallest absolute Gasteiger partial charge is 0.234 e. The first kappa shape index (κ1) is 21.5. The Morgan fingerprint density at radius 2 is 1.78 bits per heavy atom. The van der Waals surface area contributed by atoms with Crippen LogP contribution in [0.5, 0.6) is 17.2 Å². The second kappa shape index (κ2) is 9.18. The summed E-state index contributed by atoms with van der Waals surface area (Å²) in [4.78, 5) is 20.8. The van der Waals surface area contributed by atoms with E-state index in [1.165, 1.54) is 33.1 Å². The third kappa shape index (κ3) is 4.47. The summed E-state index contributed by atoms with van der Waals surface area (Å²) >= 11 is 1.45. The van der Waals surface area contributed by atoms with Gasteiger partial charge in [0, 0.05) is 28.4 Å². The number of methoxy groups -OCH3 is 3. The number of nitrogens with zero attached hydrogens (tertiary/aromatic N) is 2. The lowest BCUT2D eigenvalue weighted by Gasteiger charge is -2.17. The zero-order valence-electron chi connectivity index (χ0n) is 17.5. The molecule has 1 aliphatic heterocycles. The molecule has 0 saturated heterocycles. The minimum Gasteiger partial charge on any atom is -0.493 e. The highest BCUT2D eigenvalue weighted by Gasteiger charge is 2.17. The van der Waals surface area contributed by atoms with E-state index < -0.39 is 5.82 Å². The SMILES string of the molecule is COc1cc(Nc2ncc(F)c(Nc3ccc4c(c3)NC(=O)CS4)n2)cc(OC)c1OC. The van der Waals surface area contributed by atoms with Crippen molar-refractivity contribution in [2.45, 2.75) is 4.90 Å². The van der Waals surface area contributed by atoms with E-state index in [1.54, 1.807) is 24.3 Å². The topological polar surface area (TPSA) is 107 Å². The highest BCUT2D eigenvalue weighted by molar-refractivity contribution is 8.00. The number of ether oxygens (including phenoxy) is 3. The van der Waals surface area contributed by atoms with Gasteiger partial charge in [0.25, 0.3) is 0 Å². The van der Waals surface area contributed by atoms with Crippen molar-refractivity contribution < 1.29 is 23.4 Å². The first-order valence-electron chi connectivity index (χ1n) is 9.44. The number of anilines is 5. The molecule has 0 aliphatic carbocycles. The van der Waals surface area contributed by atoms with Gasteiger partial charge < -0.3 is 30.2 Å². The average molecular weight is 457 g/mol. The fourth-order valence-electron chi connectivity index (χ4n) is 3.09. The Morgan fingerprint density at radius 3 is 2.47 bits per heavy atom. The van der Waals surface area contributed by atoms with Gasteiger partial charge in [0.2, 0.25) is 17.6 Å². The number of halogens is 1. The minimum absolute atomic E-state index is 0.0234. The molecule has 32 heavy (non-hydrogen) atoms. The molecule has 2 heterocycles. The first-order chi connectivity index (χ1) is 15.5. The Kier molecular flexibility index (Phi) is 6.17. The number of carbonyl (C=O) groups is 1. The molecule has 0 radical (unpaired) electrons. The van der Waals surface area contributed by atoms with E-state index >= 15 is 0 Å². The molecule has 4 rings (SSSR count). The maximum atomic E-state index is 14.4. The van der Waals surface area contributed by atoms with Crippen LogP contribution in [0.1, 0.15) is 0 Å². The molecule has 166 valence electrons. The summed E-state index contributed by atoms with van der Waals surface area (Å²) in [5.41, 5.74) is 1.80. The van der Waals surface area contributed by atoms with Gasteiger partial charge in [-0.15, -0.1) is 11.8 Å². The number of carbonyl (C=O) groups excluding carboxylic acids is 1. The van der Waals surface area contributed by atoms with Crippen LogP contribution in [0, 0.1) is 5.82 Å². The van der Waals surface area contributed by atoms with Gasteiger partial charge in [-0.1, -0.05) is 0 Å². The van der Waals surface area contributed by atoms with Crippen LogP contribution in [0.4, 0.5) is 33.2 Å². The lowest BCUT2D eigenvalue weighted by Crippen LogP contribution is -2.18. The normalized spacial score (nSPS) is 12.4. The van der Waals surface area contributed by atoms with Crippen molar-refractivity contribution in [3.63, 3.8) is 0 Å². The largest absolute Gasteiger partial charge is 0.493 e. The van der Waals surface area contributed by atoms with E-state index in [0.717, 1.165) is 11.1 Å². The fourth-order valence-corrected chi connectivity index (χ4v) is 3.88. The zero-order valence-corrected chi connectivity index (χ0v) is 18.3. The number of benzene rings is 2. The Labute approximate surface area is 187 Å². The van der Waals surface area contributed by atoms with Crippen LogP contribution in [0.2, 0.25) is 0 Å². The molecule has 1 aromatic heterocycles. The van der Waals surface area contributed by atoms with Gasteiger partial charge in [-0.25, -0.2) is 9.37 Å². The summed E-state index contributed by atoms with van der Waals surface area (Å²) < 4.78 is 30.4. The van der Waals surface area contributed by atoms with Crippen molar-refractivity contribution in [2.24, 2.45) is 0 Å². The summed E-state index contributed by atoms with van der Waals surface area (Å²) in [5.74, 6) is 1.14. The number of nitrogens with one attached hydrogen (secondary N) is 3. The van der Waals surface area contributed by atoms with Gasteiger partial charge in [-0.05, 0) is 18.2 Å². The average Bonchev–Trinajstić information content (AvgIpc) is 2.80. The van der Waals surface area contributed by atoms with Gasteiger partial charge in [0.05, 0.1) is 39.0 Å². The molecule has 11 heteroatoms. The lowest BCUT2D eigenvalue weighted by molar-refractivity contribution is -0.113. The van der Waals surface area contributed by atoms with Gasteiger partial charge in [0.15, 0.2) is 23.1 Å². The molecular formula is C21H20FN5O4S. The quantitative estimate of drug-likeness (QED) is 0.482. The molecule has 3 N–H and O–H groups in total. The number of aromatic nitrogens is 2. The van der Waals surface area contributed by atoms with E-state index in [0.29, 0.717) is 40.1 Å². The van der Waals surface area contributed by atoms with Crippen molar-refractivity contribution in [3.8, 4) is 17.2 Å². The number of fused-ring (bicyclic) bond motifs is 1. The monoisotopic (exact) mass is 457 g/mol. The van der Waals surface area contributed by atoms with Crippen LogP contribution >= 0.6 is 11.8 Å². The van der Waals surface area contributed by atoms with Crippen LogP contribution in [0.25, 0.3) is 0 Å². The van der Waals surface area contributed by atoms with Crippen LogP contribution in [0.3, 0.4) is 0 Å². The predicted octanol–water partition coefficient (Wildman–Crippen LogP) is 4.17. The Bertz CT molecular complexity index is 1150. The summed E-state index contributed by atoms with van der Waals surface area (Å²) in [6, 6.07) is 8.75. The Hall–Kier alpha value is -3.73. The summed E-state index contributed by atoms with van der Waals surface area (Å²) in [5, 5.41) is 8.74. The van der Waals surface area contributed by atoms with E-state index in [4.69, 9.17) is 14.2 Å². The third-order valence-electron chi connectivity index (χ3n) is 4.54. The predicted molar refractivity (Wildman–Crippen MR) is 120 cm³/mol. The number of thioether (sulfide) groups is 1. The van der Waals surface area contributed by atoms with Gasteiger partial charge in [-0.2, -0.15) is 4.98 Å². The fraction of sp³-hybridized carbons (Fsp3) is 0.190. The number of amides is 1. The highest BCUT2D eigenvalue weighted by Crippen LogP contribution is 2.40. The summed E-state index contributed by atoms with van der Waals surface area (Å²) in [7, 11) is 4.54. The Morgan fingerprint density at radius 1 is 1.03 bits per heavy atom. The standard InChI is InChI=1S/C21H20FN5O4S/c1-29-15-7-12(8-16(30-2)19(15)31-3)25-21-23-9-13(22)20(27-21)24-11-4-5-17-14(6-11)26-18(28)10-32-17/h4-9H,10H2,1-3H3,(H,26,28)(H2,23,24,25,27). The molecule has 0 spiro atoms. The number of hydrogen-bond donors (Lipinski definition) is 3. The van der Waals surface area contributed by atoms with Crippen LogP contribution in [-0.2, 0) is 4.79 Å². The molecule has 0 unspecified atom stereocenters. The van der Waals surface area contributed by atoms with Gasteiger partial charge in [-0.3, -0.25) is 4.79 Å². The highest BCUT2D eigenvalue weighted by atomic mass is 32.2. The van der Waals surface area contributed by atoms with Crippen molar-refractivity contribution >= 4 is 46.5 Å². The van der Waals surface area contributed by atoms with Crippen molar-refractivity contribution in [2.75, 3.05) is 43.0 Å². The third-order valence-corrected chi connectivity index (χ3v) is 5.61. The number of hydrogen-bond acceptors (Lipinski definition) is 9. The molecule has 9 nitrogen and oxygen atoms in total. The maximum absolute atomic E-state index is 14.4. The number of rotatable bonds is 7. The van der Waals surface area contributed by atoms with Gasteiger partial charge in [0.1, 0.15) is 0 Å². The molecular weight excluding hydrogens is 437 g/mol. The molecule has 1 aliphatic rings. The molecule has 2 aromatic carbocycles. The van der Waals surface area contributed by atoms with Crippen LogP contribution in [0.15, 0.2) is 41.4 Å². The van der Waals surface area contributed by atoms with Gasteiger partial charge >= 0.3 is 0 Å². The molecule has 1 amide bonds. The van der Waals surface area contributed by atoms with Crippen molar-refractivity contribution in [1.82, 2.24) is 9.97 Å². The van der Waals surface area contributed by atoms with E-state index in [2.05, 4.69) is 25.9 Å². The molecule has 0 saturated carbocycles. The van der Waals surface area contributed by atoms with E-state index in [1.807, 2.05) is 6.07 Å². The van der Waals surface area contributed by atoms with Crippen molar-refractivity contribution in [3.05, 3.63) is 42.3 Å². The van der Waals surface area contributed by atoms with Crippen molar-refractivity contribution in [1.29, 1.82) is 0 Å². The molecule has 0 bridgehead atoms. The Balaban J connectivity index is 1.59. The first-order valence-corrected chi connectivity index (χ1v) is 10.4. The van der Waals surface area contributed by atoms with E-state index in [9.17, 15) is 9.18 Å². The van der Waals surface area contributed by atoms with Crippen LogP contribution < -0.4 is 30.2 Å². The van der Waals surface area contributed by atoms with Crippen LogP contribution in [-0.4, -0.2) is 43.0 Å².